The van der Waals surface area contributed by atoms with Gasteiger partial charge in [-0.05, 0) is 24.1 Å². The molecule has 1 aromatic carbocycles. The maximum Gasteiger partial charge on any atom is 0.265 e. The van der Waals surface area contributed by atoms with E-state index in [4.69, 9.17) is 10.6 Å². The van der Waals surface area contributed by atoms with Gasteiger partial charge in [-0.1, -0.05) is 17.5 Å². The third-order valence-corrected chi connectivity index (χ3v) is 4.11. The van der Waals surface area contributed by atoms with Crippen molar-refractivity contribution < 1.29 is 13.3 Å². The minimum atomic E-state index is -3.62. The Balaban J connectivity index is 3.37. The van der Waals surface area contributed by atoms with Crippen molar-refractivity contribution in [2.75, 3.05) is 19.9 Å². The van der Waals surface area contributed by atoms with E-state index in [1.54, 1.807) is 12.1 Å². The van der Waals surface area contributed by atoms with Crippen LogP contribution >= 0.6 is 0 Å². The molecule has 1 aromatic rings. The van der Waals surface area contributed by atoms with Crippen molar-refractivity contribution in [3.8, 4) is 0 Å². The molecule has 0 aliphatic rings. The number of sulfonamides is 1. The maximum atomic E-state index is 12.0. The van der Waals surface area contributed by atoms with Crippen molar-refractivity contribution in [3.05, 3.63) is 23.8 Å². The Morgan fingerprint density at radius 3 is 2.56 bits per heavy atom. The van der Waals surface area contributed by atoms with E-state index in [2.05, 4.69) is 0 Å². The van der Waals surface area contributed by atoms with Crippen molar-refractivity contribution in [2.45, 2.75) is 18.2 Å². The zero-order valence-corrected chi connectivity index (χ0v) is 10.4. The van der Waals surface area contributed by atoms with Crippen molar-refractivity contribution in [2.24, 2.45) is 0 Å². The lowest BCUT2D eigenvalue weighted by Gasteiger charge is -2.16. The van der Waals surface area contributed by atoms with Gasteiger partial charge >= 0.3 is 0 Å². The highest BCUT2D eigenvalue weighted by Crippen LogP contribution is 2.22. The van der Waals surface area contributed by atoms with Gasteiger partial charge in [-0.15, -0.1) is 0 Å². The van der Waals surface area contributed by atoms with Crippen molar-refractivity contribution >= 4 is 15.7 Å². The minimum absolute atomic E-state index is 0.194. The Hall–Kier alpha value is -1.11. The average molecular weight is 244 g/mol. The Morgan fingerprint density at radius 1 is 1.44 bits per heavy atom. The summed E-state index contributed by atoms with van der Waals surface area (Å²) in [6, 6.07) is 4.85. The number of nitrogens with zero attached hydrogens (tertiary/aromatic N) is 1. The molecule has 90 valence electrons. The third-order valence-electron chi connectivity index (χ3n) is 2.35. The van der Waals surface area contributed by atoms with E-state index in [1.807, 2.05) is 6.92 Å². The molecule has 5 nitrogen and oxygen atoms in total. The normalized spacial score (nSPS) is 12.0. The molecule has 2 N–H and O–H groups in total. The van der Waals surface area contributed by atoms with Gasteiger partial charge < -0.3 is 5.73 Å². The highest BCUT2D eigenvalue weighted by Gasteiger charge is 2.23. The number of nitrogen functional groups attached to an aromatic ring is 1. The summed E-state index contributed by atoms with van der Waals surface area (Å²) in [5.74, 6) is 0. The highest BCUT2D eigenvalue weighted by atomic mass is 32.2. The van der Waals surface area contributed by atoms with Crippen LogP contribution in [0.1, 0.15) is 12.5 Å². The van der Waals surface area contributed by atoms with Gasteiger partial charge in [0.05, 0.1) is 12.0 Å². The Kier molecular flexibility index (Phi) is 3.90. The molecule has 6 heteroatoms. The average Bonchev–Trinajstić information content (AvgIpc) is 2.27. The number of benzene rings is 1. The molecule has 1 rings (SSSR count). The van der Waals surface area contributed by atoms with Gasteiger partial charge in [0.25, 0.3) is 10.0 Å². The fourth-order valence-electron chi connectivity index (χ4n) is 1.34. The molecule has 0 saturated heterocycles. The third kappa shape index (κ3) is 2.34. The standard InChI is InChI=1S/C10H16N2O3S/c1-4-8-5-6-9(11)7-10(8)16(13,14)12(2)15-3/h5-7H,4,11H2,1-3H3. The number of nitrogens with two attached hydrogens (primary N) is 1. The molecular weight excluding hydrogens is 228 g/mol. The summed E-state index contributed by atoms with van der Waals surface area (Å²) in [7, 11) is -0.977. The summed E-state index contributed by atoms with van der Waals surface area (Å²) >= 11 is 0. The summed E-state index contributed by atoms with van der Waals surface area (Å²) < 4.78 is 24.9. The lowest BCUT2D eigenvalue weighted by Crippen LogP contribution is -2.26. The van der Waals surface area contributed by atoms with Gasteiger partial charge in [0.2, 0.25) is 0 Å². The smallest absolute Gasteiger partial charge is 0.265 e. The summed E-state index contributed by atoms with van der Waals surface area (Å²) in [6.45, 7) is 1.89. The van der Waals surface area contributed by atoms with E-state index in [0.29, 0.717) is 12.1 Å². The van der Waals surface area contributed by atoms with Crippen LogP contribution in [0.2, 0.25) is 0 Å². The topological polar surface area (TPSA) is 72.6 Å². The van der Waals surface area contributed by atoms with Gasteiger partial charge in [-0.3, -0.25) is 4.84 Å². The van der Waals surface area contributed by atoms with Crippen LogP contribution in [0.15, 0.2) is 23.1 Å². The first-order valence-electron chi connectivity index (χ1n) is 4.85. The molecule has 0 heterocycles. The van der Waals surface area contributed by atoms with Crippen LogP contribution in [0.4, 0.5) is 5.69 Å². The monoisotopic (exact) mass is 244 g/mol. The predicted octanol–water partition coefficient (Wildman–Crippen LogP) is 1.01. The van der Waals surface area contributed by atoms with Crippen LogP contribution in [0.3, 0.4) is 0 Å². The SMILES string of the molecule is CCc1ccc(N)cc1S(=O)(=O)N(C)OC. The Labute approximate surface area is 95.8 Å². The first-order valence-corrected chi connectivity index (χ1v) is 6.29. The van der Waals surface area contributed by atoms with Crippen LogP contribution in [0.5, 0.6) is 0 Å². The lowest BCUT2D eigenvalue weighted by atomic mass is 10.1. The summed E-state index contributed by atoms with van der Waals surface area (Å²) in [6.07, 6.45) is 0.617. The van der Waals surface area contributed by atoms with Crippen LogP contribution in [-0.4, -0.2) is 27.0 Å². The van der Waals surface area contributed by atoms with Gasteiger partial charge in [0.15, 0.2) is 0 Å². The van der Waals surface area contributed by atoms with E-state index in [-0.39, 0.29) is 4.90 Å². The largest absolute Gasteiger partial charge is 0.399 e. The van der Waals surface area contributed by atoms with E-state index < -0.39 is 10.0 Å². The van der Waals surface area contributed by atoms with E-state index in [1.165, 1.54) is 20.2 Å². The van der Waals surface area contributed by atoms with Gasteiger partial charge in [0, 0.05) is 12.7 Å². The van der Waals surface area contributed by atoms with Gasteiger partial charge in [-0.25, -0.2) is 8.42 Å². The molecule has 0 aromatic heterocycles. The first kappa shape index (κ1) is 13.0. The van der Waals surface area contributed by atoms with Crippen LogP contribution < -0.4 is 5.73 Å². The molecule has 0 aliphatic heterocycles. The van der Waals surface area contributed by atoms with Gasteiger partial charge in [0.1, 0.15) is 0 Å². The second-order valence-electron chi connectivity index (χ2n) is 3.32. The molecule has 0 spiro atoms. The fraction of sp³-hybridized carbons (Fsp3) is 0.400. The number of anilines is 1. The summed E-state index contributed by atoms with van der Waals surface area (Å²) in [5, 5.41) is 0. The molecule has 0 bridgehead atoms. The number of hydrogen-bond donors (Lipinski definition) is 1. The number of hydroxylamine groups is 1. The molecule has 0 atom stereocenters. The zero-order chi connectivity index (χ0) is 12.3. The maximum absolute atomic E-state index is 12.0. The Morgan fingerprint density at radius 2 is 2.06 bits per heavy atom. The molecule has 0 saturated carbocycles. The quantitative estimate of drug-likeness (QED) is 0.634. The zero-order valence-electron chi connectivity index (χ0n) is 9.60. The van der Waals surface area contributed by atoms with E-state index in [0.717, 1.165) is 10.0 Å². The van der Waals surface area contributed by atoms with Crippen LogP contribution in [-0.2, 0) is 21.3 Å². The molecule has 0 fully saturated rings. The summed E-state index contributed by atoms with van der Waals surface area (Å²) in [4.78, 5) is 4.91. The Bertz CT molecular complexity index is 471. The number of hydrogen-bond acceptors (Lipinski definition) is 4. The summed E-state index contributed by atoms with van der Waals surface area (Å²) in [5.41, 5.74) is 6.73. The van der Waals surface area contributed by atoms with Crippen molar-refractivity contribution in [3.63, 3.8) is 0 Å². The molecule has 16 heavy (non-hydrogen) atoms. The second kappa shape index (κ2) is 4.82. The molecule has 0 aliphatic carbocycles. The highest BCUT2D eigenvalue weighted by molar-refractivity contribution is 7.89. The lowest BCUT2D eigenvalue weighted by molar-refractivity contribution is -0.0259. The second-order valence-corrected chi connectivity index (χ2v) is 5.22. The first-order chi connectivity index (χ1) is 7.43. The predicted molar refractivity (Wildman–Crippen MR) is 62.2 cm³/mol. The minimum Gasteiger partial charge on any atom is -0.399 e. The fourth-order valence-corrected chi connectivity index (χ4v) is 2.64. The number of aryl methyl sites for hydroxylation is 1. The van der Waals surface area contributed by atoms with Crippen LogP contribution in [0, 0.1) is 0 Å². The number of rotatable bonds is 4. The van der Waals surface area contributed by atoms with Crippen LogP contribution in [0.25, 0.3) is 0 Å². The van der Waals surface area contributed by atoms with Gasteiger partial charge in [-0.2, -0.15) is 0 Å². The molecule has 0 amide bonds. The van der Waals surface area contributed by atoms with E-state index >= 15 is 0 Å². The molecule has 0 unspecified atom stereocenters. The molecule has 0 radical (unpaired) electrons. The van der Waals surface area contributed by atoms with E-state index in [9.17, 15) is 8.42 Å². The molecular formula is C10H16N2O3S. The van der Waals surface area contributed by atoms with Crippen molar-refractivity contribution in [1.29, 1.82) is 0 Å². The van der Waals surface area contributed by atoms with Crippen molar-refractivity contribution in [1.82, 2.24) is 4.47 Å².